The third kappa shape index (κ3) is 5.53. The second-order valence-corrected chi connectivity index (χ2v) is 13.6. The fourth-order valence-electron chi connectivity index (χ4n) is 6.25. The molecule has 3 amide bonds. The average molecular weight is 634 g/mol. The molecule has 2 aromatic heterocycles. The van der Waals surface area contributed by atoms with E-state index < -0.39 is 41.2 Å². The highest BCUT2D eigenvalue weighted by Gasteiger charge is 2.65. The van der Waals surface area contributed by atoms with Crippen LogP contribution in [0.4, 0.5) is 20.6 Å². The van der Waals surface area contributed by atoms with Crippen LogP contribution in [0.3, 0.4) is 0 Å². The van der Waals surface area contributed by atoms with Crippen molar-refractivity contribution in [3.05, 3.63) is 103 Å². The number of carboxylic acids is 1. The lowest BCUT2D eigenvalue weighted by Crippen LogP contribution is -2.55. The van der Waals surface area contributed by atoms with Crippen LogP contribution < -0.4 is 10.6 Å². The molecule has 11 heteroatoms. The highest BCUT2D eigenvalue weighted by molar-refractivity contribution is 7.12. The summed E-state index contributed by atoms with van der Waals surface area (Å²) in [5, 5.41) is 18.3. The normalized spacial score (nSPS) is 21.2. The van der Waals surface area contributed by atoms with Gasteiger partial charge < -0.3 is 15.7 Å². The predicted octanol–water partition coefficient (Wildman–Crippen LogP) is 7.55. The smallest absolute Gasteiger partial charge is 0.330 e. The molecule has 4 unspecified atom stereocenters. The summed E-state index contributed by atoms with van der Waals surface area (Å²) in [6.45, 7) is 8.50. The zero-order valence-corrected chi connectivity index (χ0v) is 26.4. The van der Waals surface area contributed by atoms with E-state index in [0.717, 1.165) is 15.3 Å². The number of aryl methyl sites for hydroxylation is 3. The van der Waals surface area contributed by atoms with Gasteiger partial charge in [0.25, 0.3) is 0 Å². The van der Waals surface area contributed by atoms with Crippen LogP contribution in [0.15, 0.2) is 66.0 Å². The number of hydrogen-bond acceptors (Lipinski definition) is 6. The van der Waals surface area contributed by atoms with Crippen LogP contribution in [-0.2, 0) is 9.59 Å². The summed E-state index contributed by atoms with van der Waals surface area (Å²) in [7, 11) is 0. The van der Waals surface area contributed by atoms with Crippen molar-refractivity contribution in [2.24, 2.45) is 5.92 Å². The first-order valence-electron chi connectivity index (χ1n) is 13.9. The second kappa shape index (κ2) is 12.0. The number of aliphatic carboxylic acids is 1. The molecule has 0 saturated carbocycles. The van der Waals surface area contributed by atoms with E-state index in [-0.39, 0.29) is 17.4 Å². The minimum absolute atomic E-state index is 0.259. The molecular weight excluding hydrogens is 602 g/mol. The Morgan fingerprint density at radius 1 is 0.932 bits per heavy atom. The maximum Gasteiger partial charge on any atom is 0.330 e. The number of hydrogen-bond donors (Lipinski definition) is 3. The SMILES string of the molecule is CC(=O)Nc1ccc(C2C(C(=O)c3cc(C)sc3C)C(c3sccc3C)N(C(=O)Nc3ccc(F)cc3)C2(C)C(=O)O)cc1. The Morgan fingerprint density at radius 3 is 2.07 bits per heavy atom. The van der Waals surface area contributed by atoms with E-state index in [9.17, 15) is 28.7 Å². The first-order chi connectivity index (χ1) is 20.8. The van der Waals surface area contributed by atoms with Gasteiger partial charge in [-0.15, -0.1) is 22.7 Å². The van der Waals surface area contributed by atoms with Gasteiger partial charge in [-0.25, -0.2) is 14.0 Å². The number of benzene rings is 2. The van der Waals surface area contributed by atoms with E-state index in [1.807, 2.05) is 38.3 Å². The molecule has 3 N–H and O–H groups in total. The number of halogens is 1. The molecule has 2 aromatic carbocycles. The van der Waals surface area contributed by atoms with Crippen molar-refractivity contribution in [2.75, 3.05) is 10.6 Å². The van der Waals surface area contributed by atoms with Gasteiger partial charge in [0.2, 0.25) is 5.91 Å². The van der Waals surface area contributed by atoms with E-state index in [0.29, 0.717) is 21.7 Å². The summed E-state index contributed by atoms with van der Waals surface area (Å²) in [4.78, 5) is 57.9. The van der Waals surface area contributed by atoms with Crippen molar-refractivity contribution >= 4 is 57.7 Å². The predicted molar refractivity (Wildman–Crippen MR) is 170 cm³/mol. The fraction of sp³-hybridized carbons (Fsp3) is 0.273. The van der Waals surface area contributed by atoms with Crippen molar-refractivity contribution in [1.82, 2.24) is 4.90 Å². The Bertz CT molecular complexity index is 1750. The summed E-state index contributed by atoms with van der Waals surface area (Å²) in [6, 6.07) is 13.9. The third-order valence-corrected chi connectivity index (χ3v) is 10.3. The highest BCUT2D eigenvalue weighted by Crippen LogP contribution is 2.58. The summed E-state index contributed by atoms with van der Waals surface area (Å²) >= 11 is 2.84. The number of rotatable bonds is 7. The lowest BCUT2D eigenvalue weighted by molar-refractivity contribution is -0.148. The number of thiophene rings is 2. The molecule has 3 heterocycles. The number of carbonyl (C=O) groups excluding carboxylic acids is 3. The topological polar surface area (TPSA) is 116 Å². The first-order valence-corrected chi connectivity index (χ1v) is 15.6. The van der Waals surface area contributed by atoms with Gasteiger partial charge in [-0.1, -0.05) is 12.1 Å². The van der Waals surface area contributed by atoms with Gasteiger partial charge in [-0.3, -0.25) is 14.5 Å². The Labute approximate surface area is 262 Å². The van der Waals surface area contributed by atoms with Gasteiger partial charge in [0.1, 0.15) is 11.4 Å². The maximum atomic E-state index is 14.7. The third-order valence-electron chi connectivity index (χ3n) is 8.20. The molecule has 0 aliphatic carbocycles. The molecule has 1 aliphatic heterocycles. The van der Waals surface area contributed by atoms with E-state index in [2.05, 4.69) is 10.6 Å². The van der Waals surface area contributed by atoms with Crippen LogP contribution in [0.25, 0.3) is 0 Å². The van der Waals surface area contributed by atoms with Crippen LogP contribution in [0.5, 0.6) is 0 Å². The number of Topliss-reactive ketones (excluding diaryl/α,β-unsaturated/α-hetero) is 1. The number of anilines is 2. The summed E-state index contributed by atoms with van der Waals surface area (Å²) in [6.07, 6.45) is 0. The molecule has 8 nitrogen and oxygen atoms in total. The largest absolute Gasteiger partial charge is 0.479 e. The van der Waals surface area contributed by atoms with Crippen molar-refractivity contribution in [3.63, 3.8) is 0 Å². The van der Waals surface area contributed by atoms with E-state index >= 15 is 0 Å². The molecule has 1 aliphatic rings. The molecule has 44 heavy (non-hydrogen) atoms. The minimum Gasteiger partial charge on any atom is -0.479 e. The molecule has 0 spiro atoms. The van der Waals surface area contributed by atoms with Gasteiger partial charge in [0, 0.05) is 44.4 Å². The first kappa shape index (κ1) is 31.1. The minimum atomic E-state index is -1.90. The molecule has 4 atom stereocenters. The highest BCUT2D eigenvalue weighted by atomic mass is 32.1. The summed E-state index contributed by atoms with van der Waals surface area (Å²) in [5.41, 5.74) is 0.736. The Balaban J connectivity index is 1.75. The van der Waals surface area contributed by atoms with Crippen molar-refractivity contribution in [2.45, 2.75) is 52.1 Å². The van der Waals surface area contributed by atoms with Crippen LogP contribution in [0.2, 0.25) is 0 Å². The number of carbonyl (C=O) groups is 4. The van der Waals surface area contributed by atoms with E-state index in [4.69, 9.17) is 0 Å². The van der Waals surface area contributed by atoms with Crippen LogP contribution in [0, 0.1) is 32.5 Å². The van der Waals surface area contributed by atoms with Gasteiger partial charge in [-0.2, -0.15) is 0 Å². The van der Waals surface area contributed by atoms with Gasteiger partial charge in [0.15, 0.2) is 5.78 Å². The van der Waals surface area contributed by atoms with Gasteiger partial charge in [0.05, 0.1) is 12.0 Å². The number of likely N-dealkylation sites (tertiary alicyclic amines) is 1. The van der Waals surface area contributed by atoms with Crippen molar-refractivity contribution in [1.29, 1.82) is 0 Å². The summed E-state index contributed by atoms with van der Waals surface area (Å²) < 4.78 is 13.7. The number of nitrogens with zero attached hydrogens (tertiary/aromatic N) is 1. The lowest BCUT2D eigenvalue weighted by atomic mass is 9.72. The number of carboxylic acid groups (broad SMARTS) is 1. The second-order valence-electron chi connectivity index (χ2n) is 11.2. The Morgan fingerprint density at radius 2 is 1.55 bits per heavy atom. The fourth-order valence-corrected chi connectivity index (χ4v) is 8.24. The molecule has 5 rings (SSSR count). The molecule has 0 radical (unpaired) electrons. The molecule has 1 saturated heterocycles. The van der Waals surface area contributed by atoms with Crippen molar-refractivity contribution in [3.8, 4) is 0 Å². The maximum absolute atomic E-state index is 14.7. The average Bonchev–Trinajstić information content (AvgIpc) is 3.62. The van der Waals surface area contributed by atoms with E-state index in [1.165, 1.54) is 65.7 Å². The lowest BCUT2D eigenvalue weighted by Gasteiger charge is -2.37. The molecule has 4 aromatic rings. The van der Waals surface area contributed by atoms with Crippen LogP contribution >= 0.6 is 22.7 Å². The number of ketones is 1. The molecular formula is C33H32FN3O5S2. The molecule has 1 fully saturated rings. The number of urea groups is 1. The Hall–Kier alpha value is -4.35. The monoisotopic (exact) mass is 633 g/mol. The Kier molecular flexibility index (Phi) is 8.46. The van der Waals surface area contributed by atoms with Gasteiger partial charge >= 0.3 is 12.0 Å². The van der Waals surface area contributed by atoms with Crippen LogP contribution in [-0.4, -0.2) is 39.2 Å². The standard InChI is InChI=1S/C33H32FN3O5S2/c1-17-14-15-43-30(17)28-26(29(39)25-16-18(2)44-19(25)3)27(21-6-10-23(11-7-21)35-20(4)38)33(5,31(40)41)37(28)32(42)36-24-12-8-22(34)9-13-24/h6-16,26-28H,1-5H3,(H,35,38)(H,36,42)(H,40,41). The summed E-state index contributed by atoms with van der Waals surface area (Å²) in [5.74, 6) is -4.25. The number of nitrogens with one attached hydrogen (secondary N) is 2. The van der Waals surface area contributed by atoms with Gasteiger partial charge in [-0.05, 0) is 92.7 Å². The van der Waals surface area contributed by atoms with Crippen LogP contribution in [0.1, 0.15) is 61.9 Å². The number of amides is 3. The van der Waals surface area contributed by atoms with E-state index in [1.54, 1.807) is 24.3 Å². The van der Waals surface area contributed by atoms with Crippen molar-refractivity contribution < 1.29 is 28.7 Å². The zero-order valence-electron chi connectivity index (χ0n) is 24.8. The zero-order chi connectivity index (χ0) is 31.9. The quantitative estimate of drug-likeness (QED) is 0.182. The molecule has 228 valence electrons. The molecule has 0 bridgehead atoms.